The first-order valence-corrected chi connectivity index (χ1v) is 8.25. The maximum absolute atomic E-state index is 4.39. The van der Waals surface area contributed by atoms with Crippen LogP contribution in [0.1, 0.15) is 23.7 Å². The molecule has 1 N–H and O–H groups in total. The highest BCUT2D eigenvalue weighted by atomic mass is 15.1. The number of nitrogens with one attached hydrogen (secondary N) is 1. The van der Waals surface area contributed by atoms with Crippen LogP contribution in [0.5, 0.6) is 0 Å². The Labute approximate surface area is 139 Å². The topological polar surface area (TPSA) is 28.2 Å². The number of rotatable bonds is 5. The normalized spacial score (nSPS) is 15.3. The molecular weight excluding hydrogens is 282 g/mol. The van der Waals surface area contributed by atoms with Gasteiger partial charge in [0.2, 0.25) is 0 Å². The van der Waals surface area contributed by atoms with Crippen molar-refractivity contribution in [2.45, 2.75) is 20.3 Å². The maximum Gasteiger partial charge on any atom is 0.0421 e. The second-order valence-electron chi connectivity index (χ2n) is 6.48. The fraction of sp³-hybridized carbons (Fsp3) is 0.350. The number of nitrogens with zero attached hydrogens (tertiary/aromatic N) is 2. The van der Waals surface area contributed by atoms with Crippen LogP contribution >= 0.6 is 0 Å². The summed E-state index contributed by atoms with van der Waals surface area (Å²) >= 11 is 0. The predicted octanol–water partition coefficient (Wildman–Crippen LogP) is 3.76. The van der Waals surface area contributed by atoms with E-state index in [9.17, 15) is 0 Å². The van der Waals surface area contributed by atoms with E-state index in [2.05, 4.69) is 60.4 Å². The van der Waals surface area contributed by atoms with E-state index in [0.29, 0.717) is 0 Å². The van der Waals surface area contributed by atoms with E-state index in [1.54, 1.807) is 0 Å². The molecular formula is C20H25N3. The minimum atomic E-state index is 0.898. The lowest BCUT2D eigenvalue weighted by molar-refractivity contribution is 0.432. The number of likely N-dealkylation sites (N-methyl/N-ethyl adjacent to an activating group) is 1. The molecule has 0 aliphatic carbocycles. The molecule has 0 amide bonds. The maximum atomic E-state index is 4.39. The van der Waals surface area contributed by atoms with Gasteiger partial charge in [-0.15, -0.1) is 0 Å². The van der Waals surface area contributed by atoms with Crippen molar-refractivity contribution in [3.63, 3.8) is 0 Å². The third-order valence-electron chi connectivity index (χ3n) is 4.37. The molecule has 1 aromatic carbocycles. The first kappa shape index (κ1) is 15.8. The van der Waals surface area contributed by atoms with Gasteiger partial charge in [-0.05, 0) is 50.7 Å². The van der Waals surface area contributed by atoms with E-state index in [4.69, 9.17) is 0 Å². The van der Waals surface area contributed by atoms with Crippen molar-refractivity contribution in [2.24, 2.45) is 0 Å². The Morgan fingerprint density at radius 3 is 2.70 bits per heavy atom. The molecule has 0 radical (unpaired) electrons. The monoisotopic (exact) mass is 307 g/mol. The second-order valence-corrected chi connectivity index (χ2v) is 6.48. The van der Waals surface area contributed by atoms with Gasteiger partial charge >= 0.3 is 0 Å². The van der Waals surface area contributed by atoms with Gasteiger partial charge < -0.3 is 5.32 Å². The number of aryl methyl sites for hydroxylation is 1. The summed E-state index contributed by atoms with van der Waals surface area (Å²) in [5.74, 6) is 0. The fourth-order valence-electron chi connectivity index (χ4n) is 3.21. The molecule has 23 heavy (non-hydrogen) atoms. The van der Waals surface area contributed by atoms with Crippen molar-refractivity contribution in [1.29, 1.82) is 0 Å². The molecule has 0 saturated heterocycles. The van der Waals surface area contributed by atoms with Crippen LogP contribution < -0.4 is 5.32 Å². The zero-order valence-electron chi connectivity index (χ0n) is 14.3. The van der Waals surface area contributed by atoms with Crippen molar-refractivity contribution < 1.29 is 0 Å². The highest BCUT2D eigenvalue weighted by Gasteiger charge is 2.19. The summed E-state index contributed by atoms with van der Waals surface area (Å²) in [6.07, 6.45) is 2.79. The van der Waals surface area contributed by atoms with Gasteiger partial charge in [0.1, 0.15) is 0 Å². The highest BCUT2D eigenvalue weighted by Crippen LogP contribution is 2.31. The molecule has 1 aliphatic rings. The molecule has 3 heteroatoms. The lowest BCUT2D eigenvalue weighted by Gasteiger charge is -2.15. The molecule has 1 aromatic heterocycles. The molecule has 0 bridgehead atoms. The smallest absolute Gasteiger partial charge is 0.0421 e. The van der Waals surface area contributed by atoms with Crippen LogP contribution in [0.4, 0.5) is 5.69 Å². The summed E-state index contributed by atoms with van der Waals surface area (Å²) in [6.45, 7) is 7.41. The Kier molecular flexibility index (Phi) is 4.77. The zero-order chi connectivity index (χ0) is 16.2. The summed E-state index contributed by atoms with van der Waals surface area (Å²) in [7, 11) is 2.18. The molecule has 0 unspecified atom stereocenters. The van der Waals surface area contributed by atoms with Crippen LogP contribution in [0.3, 0.4) is 0 Å². The van der Waals surface area contributed by atoms with Gasteiger partial charge in [0, 0.05) is 49.2 Å². The summed E-state index contributed by atoms with van der Waals surface area (Å²) in [5.41, 5.74) is 7.97. The summed E-state index contributed by atoms with van der Waals surface area (Å²) in [4.78, 5) is 6.76. The number of pyridine rings is 1. The number of hydrogen-bond donors (Lipinski definition) is 1. The number of aromatic nitrogens is 1. The van der Waals surface area contributed by atoms with Gasteiger partial charge in [0.15, 0.2) is 0 Å². The summed E-state index contributed by atoms with van der Waals surface area (Å²) in [5, 5.41) is 3.61. The van der Waals surface area contributed by atoms with Gasteiger partial charge in [-0.1, -0.05) is 23.3 Å². The predicted molar refractivity (Wildman–Crippen MR) is 97.7 cm³/mol. The van der Waals surface area contributed by atoms with E-state index in [1.165, 1.54) is 28.0 Å². The molecule has 0 atom stereocenters. The van der Waals surface area contributed by atoms with Crippen LogP contribution in [0, 0.1) is 6.92 Å². The third kappa shape index (κ3) is 3.80. The van der Waals surface area contributed by atoms with Gasteiger partial charge in [-0.3, -0.25) is 9.88 Å². The van der Waals surface area contributed by atoms with Gasteiger partial charge in [-0.2, -0.15) is 0 Å². The van der Waals surface area contributed by atoms with Crippen LogP contribution in [-0.2, 0) is 6.42 Å². The molecule has 3 nitrogen and oxygen atoms in total. The largest absolute Gasteiger partial charge is 0.384 e. The van der Waals surface area contributed by atoms with Crippen molar-refractivity contribution in [1.82, 2.24) is 9.88 Å². The van der Waals surface area contributed by atoms with E-state index in [-0.39, 0.29) is 0 Å². The number of benzene rings is 1. The second kappa shape index (κ2) is 6.97. The van der Waals surface area contributed by atoms with Crippen molar-refractivity contribution in [3.05, 3.63) is 65.0 Å². The number of hydrogen-bond acceptors (Lipinski definition) is 3. The molecule has 120 valence electrons. The summed E-state index contributed by atoms with van der Waals surface area (Å²) in [6, 6.07) is 12.8. The Hall–Kier alpha value is -2.13. The van der Waals surface area contributed by atoms with E-state index >= 15 is 0 Å². The lowest BCUT2D eigenvalue weighted by atomic mass is 9.99. The van der Waals surface area contributed by atoms with E-state index < -0.39 is 0 Å². The lowest BCUT2D eigenvalue weighted by Crippen LogP contribution is -2.14. The molecule has 0 fully saturated rings. The van der Waals surface area contributed by atoms with E-state index in [1.807, 2.05) is 18.3 Å². The fourth-order valence-corrected chi connectivity index (χ4v) is 3.21. The first-order chi connectivity index (χ1) is 11.1. The van der Waals surface area contributed by atoms with Crippen LogP contribution in [0.15, 0.2) is 48.2 Å². The quantitative estimate of drug-likeness (QED) is 0.911. The van der Waals surface area contributed by atoms with Gasteiger partial charge in [0.05, 0.1) is 0 Å². The first-order valence-electron chi connectivity index (χ1n) is 8.25. The van der Waals surface area contributed by atoms with Crippen molar-refractivity contribution in [2.75, 3.05) is 32.0 Å². The van der Waals surface area contributed by atoms with Crippen LogP contribution in [0.25, 0.3) is 5.57 Å². The molecule has 1 aliphatic heterocycles. The van der Waals surface area contributed by atoms with E-state index in [0.717, 1.165) is 31.7 Å². The van der Waals surface area contributed by atoms with Crippen LogP contribution in [0.2, 0.25) is 0 Å². The number of anilines is 1. The van der Waals surface area contributed by atoms with Crippen molar-refractivity contribution in [3.8, 4) is 0 Å². The Morgan fingerprint density at radius 1 is 1.13 bits per heavy atom. The summed E-state index contributed by atoms with van der Waals surface area (Å²) < 4.78 is 0. The van der Waals surface area contributed by atoms with Crippen molar-refractivity contribution >= 4 is 11.3 Å². The Bertz CT molecular complexity index is 704. The Morgan fingerprint density at radius 2 is 2.00 bits per heavy atom. The average molecular weight is 307 g/mol. The molecule has 2 aromatic rings. The third-order valence-corrected chi connectivity index (χ3v) is 4.37. The SMILES string of the molecule is CC1=C(c2cc(C)ccc2NCCc2ccccn2)CN(C)C1. The van der Waals surface area contributed by atoms with Crippen LogP contribution in [-0.4, -0.2) is 36.6 Å². The van der Waals surface area contributed by atoms with Gasteiger partial charge in [0.25, 0.3) is 0 Å². The highest BCUT2D eigenvalue weighted by molar-refractivity contribution is 5.81. The average Bonchev–Trinajstić information content (AvgIpc) is 2.88. The molecule has 0 spiro atoms. The molecule has 3 rings (SSSR count). The molecule has 0 saturated carbocycles. The minimum absolute atomic E-state index is 0.898. The van der Waals surface area contributed by atoms with Gasteiger partial charge in [-0.25, -0.2) is 0 Å². The zero-order valence-corrected chi connectivity index (χ0v) is 14.3. The standard InChI is InChI=1S/C20H25N3/c1-15-7-8-20(22-11-9-17-6-4-5-10-21-17)18(12-15)19-14-23(3)13-16(19)2/h4-8,10,12,22H,9,11,13-14H2,1-3H3. The Balaban J connectivity index is 1.76. The molecule has 2 heterocycles. The minimum Gasteiger partial charge on any atom is -0.384 e.